The number of hydrogen-bond donors (Lipinski definition) is 0. The van der Waals surface area contributed by atoms with Crippen LogP contribution in [0, 0.1) is 0 Å². The molecule has 0 fully saturated rings. The quantitative estimate of drug-likeness (QED) is 0.548. The fourth-order valence-corrected chi connectivity index (χ4v) is 2.33. The molecule has 0 aliphatic heterocycles. The molecule has 23 heavy (non-hydrogen) atoms. The van der Waals surface area contributed by atoms with Crippen LogP contribution in [0.25, 0.3) is 22.3 Å². The Morgan fingerprint density at radius 3 is 2.48 bits per heavy atom. The molecular formula is C18H14O5. The summed E-state index contributed by atoms with van der Waals surface area (Å²) < 4.78 is 16.1. The molecule has 0 unspecified atom stereocenters. The van der Waals surface area contributed by atoms with Crippen LogP contribution in [0.2, 0.25) is 0 Å². The van der Waals surface area contributed by atoms with Crippen LogP contribution < -0.4 is 14.9 Å². The van der Waals surface area contributed by atoms with Gasteiger partial charge in [-0.15, -0.1) is 0 Å². The summed E-state index contributed by atoms with van der Waals surface area (Å²) in [6, 6.07) is 13.7. The Kier molecular flexibility index (Phi) is 3.85. The van der Waals surface area contributed by atoms with Crippen molar-refractivity contribution in [2.75, 3.05) is 7.11 Å². The summed E-state index contributed by atoms with van der Waals surface area (Å²) in [5, 5.41) is 0.209. The van der Waals surface area contributed by atoms with E-state index in [9.17, 15) is 9.59 Å². The molecule has 0 aliphatic carbocycles. The maximum Gasteiger partial charge on any atom is 0.308 e. The molecule has 0 bridgehead atoms. The Morgan fingerprint density at radius 1 is 1.09 bits per heavy atom. The van der Waals surface area contributed by atoms with Crippen LogP contribution in [0.1, 0.15) is 6.92 Å². The van der Waals surface area contributed by atoms with Gasteiger partial charge in [0.05, 0.1) is 7.11 Å². The summed E-state index contributed by atoms with van der Waals surface area (Å²) in [5.41, 5.74) is 0.791. The zero-order valence-corrected chi connectivity index (χ0v) is 12.7. The van der Waals surface area contributed by atoms with Gasteiger partial charge in [-0.3, -0.25) is 9.59 Å². The first-order valence-electron chi connectivity index (χ1n) is 6.98. The summed E-state index contributed by atoms with van der Waals surface area (Å²) in [6.45, 7) is 1.27. The van der Waals surface area contributed by atoms with Gasteiger partial charge in [-0.25, -0.2) is 0 Å². The van der Waals surface area contributed by atoms with Gasteiger partial charge < -0.3 is 13.9 Å². The van der Waals surface area contributed by atoms with Gasteiger partial charge in [0.15, 0.2) is 5.43 Å². The van der Waals surface area contributed by atoms with E-state index in [1.807, 2.05) is 30.3 Å². The molecule has 1 aromatic heterocycles. The number of carbonyl (C=O) groups excluding carboxylic acids is 1. The highest BCUT2D eigenvalue weighted by Gasteiger charge is 2.15. The summed E-state index contributed by atoms with van der Waals surface area (Å²) in [6.07, 6.45) is 0. The highest BCUT2D eigenvalue weighted by molar-refractivity contribution is 5.88. The lowest BCUT2D eigenvalue weighted by Crippen LogP contribution is -2.07. The van der Waals surface area contributed by atoms with Crippen molar-refractivity contribution in [3.63, 3.8) is 0 Å². The molecule has 3 rings (SSSR count). The molecular weight excluding hydrogens is 296 g/mol. The first-order chi connectivity index (χ1) is 11.1. The van der Waals surface area contributed by atoms with Crippen LogP contribution in [0.5, 0.6) is 11.5 Å². The van der Waals surface area contributed by atoms with E-state index in [2.05, 4.69) is 0 Å². The highest BCUT2D eigenvalue weighted by Crippen LogP contribution is 2.31. The van der Waals surface area contributed by atoms with Crippen LogP contribution in [0.4, 0.5) is 0 Å². The van der Waals surface area contributed by atoms with Crippen molar-refractivity contribution >= 4 is 16.9 Å². The monoisotopic (exact) mass is 310 g/mol. The highest BCUT2D eigenvalue weighted by atomic mass is 16.5. The van der Waals surface area contributed by atoms with Gasteiger partial charge in [0.1, 0.15) is 28.2 Å². The van der Waals surface area contributed by atoms with E-state index < -0.39 is 5.97 Å². The maximum absolute atomic E-state index is 12.5. The van der Waals surface area contributed by atoms with Gasteiger partial charge in [0, 0.05) is 30.7 Å². The van der Waals surface area contributed by atoms with Crippen molar-refractivity contribution < 1.29 is 18.7 Å². The van der Waals surface area contributed by atoms with E-state index in [0.29, 0.717) is 17.1 Å². The van der Waals surface area contributed by atoms with Crippen molar-refractivity contribution in [3.8, 4) is 22.8 Å². The van der Waals surface area contributed by atoms with E-state index in [0.717, 1.165) is 5.56 Å². The van der Waals surface area contributed by atoms with Crippen molar-refractivity contribution in [3.05, 3.63) is 58.8 Å². The van der Waals surface area contributed by atoms with Crippen molar-refractivity contribution in [1.82, 2.24) is 0 Å². The number of esters is 1. The van der Waals surface area contributed by atoms with Gasteiger partial charge in [-0.2, -0.15) is 0 Å². The molecule has 5 nitrogen and oxygen atoms in total. The largest absolute Gasteiger partial charge is 0.496 e. The Bertz CT molecular complexity index is 925. The third-order valence-electron chi connectivity index (χ3n) is 3.32. The lowest BCUT2D eigenvalue weighted by molar-refractivity contribution is -0.131. The lowest BCUT2D eigenvalue weighted by atomic mass is 10.1. The zero-order chi connectivity index (χ0) is 16.4. The maximum atomic E-state index is 12.5. The van der Waals surface area contributed by atoms with E-state index in [1.165, 1.54) is 26.2 Å². The van der Waals surface area contributed by atoms with Crippen molar-refractivity contribution in [1.29, 1.82) is 0 Å². The Balaban J connectivity index is 2.28. The van der Waals surface area contributed by atoms with Crippen molar-refractivity contribution in [2.24, 2.45) is 0 Å². The third kappa shape index (κ3) is 2.94. The second-order valence-corrected chi connectivity index (χ2v) is 4.93. The SMILES string of the molecule is COc1cc(OC(C)=O)c2c(=O)cc(-c3ccccc3)oc2c1. The van der Waals surface area contributed by atoms with E-state index in [4.69, 9.17) is 13.9 Å². The van der Waals surface area contributed by atoms with Gasteiger partial charge >= 0.3 is 5.97 Å². The van der Waals surface area contributed by atoms with Crippen LogP contribution >= 0.6 is 0 Å². The minimum Gasteiger partial charge on any atom is -0.496 e. The fraction of sp³-hybridized carbons (Fsp3) is 0.111. The molecule has 1 heterocycles. The topological polar surface area (TPSA) is 65.7 Å². The Labute approximate surface area is 132 Å². The molecule has 0 spiro atoms. The number of fused-ring (bicyclic) bond motifs is 1. The molecule has 0 amide bonds. The van der Waals surface area contributed by atoms with E-state index in [1.54, 1.807) is 6.07 Å². The molecule has 0 radical (unpaired) electrons. The molecule has 0 aliphatic rings. The number of rotatable bonds is 3. The second-order valence-electron chi connectivity index (χ2n) is 4.93. The minimum absolute atomic E-state index is 0.125. The predicted octanol–water partition coefficient (Wildman–Crippen LogP) is 3.39. The third-order valence-corrected chi connectivity index (χ3v) is 3.32. The van der Waals surface area contributed by atoms with Gasteiger partial charge in [-0.1, -0.05) is 30.3 Å². The Hall–Kier alpha value is -3.08. The number of benzene rings is 2. The smallest absolute Gasteiger partial charge is 0.308 e. The number of methoxy groups -OCH3 is 1. The summed E-state index contributed by atoms with van der Waals surface area (Å²) in [4.78, 5) is 23.7. The summed E-state index contributed by atoms with van der Waals surface area (Å²) in [7, 11) is 1.48. The second kappa shape index (κ2) is 5.96. The molecule has 0 saturated heterocycles. The molecule has 0 N–H and O–H groups in total. The normalized spacial score (nSPS) is 10.5. The first kappa shape index (κ1) is 14.8. The average molecular weight is 310 g/mol. The van der Waals surface area contributed by atoms with Crippen LogP contribution in [0.3, 0.4) is 0 Å². The molecule has 0 atom stereocenters. The van der Waals surface area contributed by atoms with Crippen molar-refractivity contribution in [2.45, 2.75) is 6.92 Å². The van der Waals surface area contributed by atoms with E-state index in [-0.39, 0.29) is 16.6 Å². The Morgan fingerprint density at radius 2 is 1.83 bits per heavy atom. The predicted molar refractivity (Wildman–Crippen MR) is 85.8 cm³/mol. The standard InChI is InChI=1S/C18H14O5/c1-11(19)22-16-8-13(21-2)9-17-18(16)14(20)10-15(23-17)12-6-4-3-5-7-12/h3-10H,1-2H3. The lowest BCUT2D eigenvalue weighted by Gasteiger charge is -2.09. The molecule has 0 saturated carbocycles. The van der Waals surface area contributed by atoms with Crippen LogP contribution in [-0.2, 0) is 4.79 Å². The number of carbonyl (C=O) groups is 1. The zero-order valence-electron chi connectivity index (χ0n) is 12.7. The first-order valence-corrected chi connectivity index (χ1v) is 6.98. The molecule has 2 aromatic carbocycles. The summed E-state index contributed by atoms with van der Waals surface area (Å²) >= 11 is 0. The van der Waals surface area contributed by atoms with Crippen LogP contribution in [0.15, 0.2) is 57.7 Å². The summed E-state index contributed by atoms with van der Waals surface area (Å²) in [5.74, 6) is 0.471. The van der Waals surface area contributed by atoms with Gasteiger partial charge in [0.25, 0.3) is 0 Å². The molecule has 5 heteroatoms. The molecule has 3 aromatic rings. The average Bonchev–Trinajstić information content (AvgIpc) is 2.54. The van der Waals surface area contributed by atoms with Gasteiger partial charge in [-0.05, 0) is 0 Å². The van der Waals surface area contributed by atoms with E-state index >= 15 is 0 Å². The van der Waals surface area contributed by atoms with Gasteiger partial charge in [0.2, 0.25) is 0 Å². The number of hydrogen-bond acceptors (Lipinski definition) is 5. The fourth-order valence-electron chi connectivity index (χ4n) is 2.33. The minimum atomic E-state index is -0.522. The number of ether oxygens (including phenoxy) is 2. The van der Waals surface area contributed by atoms with Crippen LogP contribution in [-0.4, -0.2) is 13.1 Å². The molecule has 116 valence electrons.